The number of furan rings is 1. The van der Waals surface area contributed by atoms with Crippen LogP contribution in [0.3, 0.4) is 0 Å². The van der Waals surface area contributed by atoms with E-state index in [2.05, 4.69) is 5.32 Å². The summed E-state index contributed by atoms with van der Waals surface area (Å²) < 4.78 is 32.9. The Kier molecular flexibility index (Phi) is 5.38. The lowest BCUT2D eigenvalue weighted by Gasteiger charge is -2.17. The minimum absolute atomic E-state index is 0.0369. The van der Waals surface area contributed by atoms with Crippen molar-refractivity contribution in [1.29, 1.82) is 0 Å². The largest absolute Gasteiger partial charge is 0.459 e. The first kappa shape index (κ1) is 19.9. The third-order valence-corrected chi connectivity index (χ3v) is 7.48. The molecule has 3 aromatic rings. The number of halogens is 1. The monoisotopic (exact) mass is 432 g/mol. The Balaban J connectivity index is 1.57. The molecule has 1 aliphatic rings. The van der Waals surface area contributed by atoms with Gasteiger partial charge in [-0.05, 0) is 50.1 Å². The molecule has 8 heteroatoms. The molecular weight excluding hydrogens is 412 g/mol. The quantitative estimate of drug-likeness (QED) is 0.649. The molecule has 0 spiro atoms. The number of hydrogen-bond donors (Lipinski definition) is 1. The Bertz CT molecular complexity index is 1130. The van der Waals surface area contributed by atoms with E-state index >= 15 is 0 Å². The van der Waals surface area contributed by atoms with Crippen LogP contribution in [0, 0.1) is 0 Å². The lowest BCUT2D eigenvalue weighted by atomic mass is 10.1. The van der Waals surface area contributed by atoms with Crippen molar-refractivity contribution in [2.75, 3.05) is 13.1 Å². The van der Waals surface area contributed by atoms with Crippen LogP contribution in [-0.4, -0.2) is 31.7 Å². The van der Waals surface area contributed by atoms with E-state index in [1.54, 1.807) is 0 Å². The van der Waals surface area contributed by atoms with Crippen LogP contribution in [0.4, 0.5) is 0 Å². The van der Waals surface area contributed by atoms with E-state index in [0.717, 1.165) is 23.8 Å². The third-order valence-electron chi connectivity index (χ3n) is 5.10. The van der Waals surface area contributed by atoms with Gasteiger partial charge in [-0.2, -0.15) is 4.31 Å². The van der Waals surface area contributed by atoms with E-state index < -0.39 is 15.9 Å². The fourth-order valence-corrected chi connectivity index (χ4v) is 5.49. The van der Waals surface area contributed by atoms with Crippen molar-refractivity contribution >= 4 is 38.5 Å². The van der Waals surface area contributed by atoms with E-state index in [1.165, 1.54) is 22.5 Å². The minimum Gasteiger partial charge on any atom is -0.459 e. The van der Waals surface area contributed by atoms with Crippen LogP contribution >= 0.6 is 11.6 Å². The van der Waals surface area contributed by atoms with Crippen molar-refractivity contribution in [2.45, 2.75) is 30.7 Å². The Morgan fingerprint density at radius 1 is 1.14 bits per heavy atom. The fourth-order valence-electron chi connectivity index (χ4n) is 3.48. The van der Waals surface area contributed by atoms with Gasteiger partial charge in [0.25, 0.3) is 5.91 Å². The summed E-state index contributed by atoms with van der Waals surface area (Å²) in [5.74, 6) is 0.228. The Hall–Kier alpha value is -2.35. The average Bonchev–Trinajstić information content (AvgIpc) is 3.38. The lowest BCUT2D eigenvalue weighted by Crippen LogP contribution is -2.29. The molecule has 1 amide bonds. The van der Waals surface area contributed by atoms with Crippen molar-refractivity contribution in [1.82, 2.24) is 9.62 Å². The molecule has 4 rings (SSSR count). The average molecular weight is 433 g/mol. The second-order valence-electron chi connectivity index (χ2n) is 7.14. The summed E-state index contributed by atoms with van der Waals surface area (Å²) in [5, 5.41) is 3.92. The van der Waals surface area contributed by atoms with Crippen LogP contribution in [0.1, 0.15) is 41.9 Å². The van der Waals surface area contributed by atoms with Gasteiger partial charge < -0.3 is 9.73 Å². The molecule has 6 nitrogen and oxygen atoms in total. The molecule has 2 heterocycles. The minimum atomic E-state index is -3.72. The van der Waals surface area contributed by atoms with Gasteiger partial charge in [0.15, 0.2) is 0 Å². The van der Waals surface area contributed by atoms with Crippen molar-refractivity contribution in [3.05, 3.63) is 64.9 Å². The highest BCUT2D eigenvalue weighted by molar-refractivity contribution is 7.89. The molecule has 0 bridgehead atoms. The number of carbonyl (C=O) groups excluding carboxylic acids is 1. The summed E-state index contributed by atoms with van der Waals surface area (Å²) in [6.45, 7) is 2.75. The number of benzene rings is 2. The Labute approximate surface area is 174 Å². The van der Waals surface area contributed by atoms with Crippen molar-refractivity contribution in [2.24, 2.45) is 0 Å². The van der Waals surface area contributed by atoms with Gasteiger partial charge in [-0.25, -0.2) is 8.42 Å². The zero-order valence-electron chi connectivity index (χ0n) is 15.9. The topological polar surface area (TPSA) is 79.6 Å². The van der Waals surface area contributed by atoms with Crippen LogP contribution in [0.2, 0.25) is 5.02 Å². The summed E-state index contributed by atoms with van der Waals surface area (Å²) >= 11 is 6.16. The highest BCUT2D eigenvalue weighted by Gasteiger charge is 2.30. The first-order valence-corrected chi connectivity index (χ1v) is 11.3. The summed E-state index contributed by atoms with van der Waals surface area (Å²) in [6.07, 6.45) is 1.65. The number of amides is 1. The molecule has 0 radical (unpaired) electrons. The molecule has 1 aromatic heterocycles. The molecule has 1 fully saturated rings. The highest BCUT2D eigenvalue weighted by atomic mass is 35.5. The van der Waals surface area contributed by atoms with Gasteiger partial charge in [0, 0.05) is 24.0 Å². The fraction of sp³-hybridized carbons (Fsp3) is 0.286. The number of para-hydroxylation sites is 1. The summed E-state index contributed by atoms with van der Waals surface area (Å²) in [6, 6.07) is 13.4. The zero-order valence-corrected chi connectivity index (χ0v) is 17.5. The van der Waals surface area contributed by atoms with E-state index in [-0.39, 0.29) is 21.5 Å². The molecule has 1 N–H and O–H groups in total. The number of nitrogens with zero attached hydrogens (tertiary/aromatic N) is 1. The predicted octanol–water partition coefficient (Wildman–Crippen LogP) is 4.36. The van der Waals surface area contributed by atoms with Gasteiger partial charge >= 0.3 is 0 Å². The molecule has 0 unspecified atom stereocenters. The van der Waals surface area contributed by atoms with Crippen LogP contribution in [0.25, 0.3) is 11.0 Å². The van der Waals surface area contributed by atoms with Gasteiger partial charge in [-0.1, -0.05) is 29.8 Å². The van der Waals surface area contributed by atoms with E-state index in [9.17, 15) is 13.2 Å². The van der Waals surface area contributed by atoms with Crippen LogP contribution in [0.15, 0.2) is 57.8 Å². The molecule has 152 valence electrons. The van der Waals surface area contributed by atoms with Gasteiger partial charge in [0.2, 0.25) is 10.0 Å². The van der Waals surface area contributed by atoms with E-state index in [4.69, 9.17) is 16.0 Å². The number of carbonyl (C=O) groups is 1. The van der Waals surface area contributed by atoms with E-state index in [0.29, 0.717) is 18.8 Å². The van der Waals surface area contributed by atoms with Gasteiger partial charge in [-0.15, -0.1) is 0 Å². The molecule has 1 atom stereocenters. The molecule has 29 heavy (non-hydrogen) atoms. The standard InChI is InChI=1S/C21H21ClN2O4S/c1-14(19-12-15-6-2-3-7-18(15)28-19)23-21(25)16-8-9-17(22)20(13-16)29(26,27)24-10-4-5-11-24/h2-3,6-9,12-14H,4-5,10-11H2,1H3,(H,23,25)/t14-/m1/s1. The summed E-state index contributed by atoms with van der Waals surface area (Å²) in [4.78, 5) is 12.7. The number of hydrogen-bond acceptors (Lipinski definition) is 4. The predicted molar refractivity (Wildman–Crippen MR) is 112 cm³/mol. The van der Waals surface area contributed by atoms with Crippen molar-refractivity contribution in [3.8, 4) is 0 Å². The van der Waals surface area contributed by atoms with Gasteiger partial charge in [0.05, 0.1) is 11.1 Å². The maximum atomic E-state index is 12.9. The first-order valence-electron chi connectivity index (χ1n) is 9.45. The zero-order chi connectivity index (χ0) is 20.6. The first-order chi connectivity index (χ1) is 13.9. The second-order valence-corrected chi connectivity index (χ2v) is 9.45. The molecule has 1 saturated heterocycles. The van der Waals surface area contributed by atoms with Crippen LogP contribution in [0.5, 0.6) is 0 Å². The Morgan fingerprint density at radius 3 is 2.59 bits per heavy atom. The molecule has 1 aliphatic heterocycles. The van der Waals surface area contributed by atoms with Crippen molar-refractivity contribution < 1.29 is 17.6 Å². The third kappa shape index (κ3) is 3.90. The molecular formula is C21H21ClN2O4S. The number of fused-ring (bicyclic) bond motifs is 1. The second kappa shape index (κ2) is 7.82. The van der Waals surface area contributed by atoms with E-state index in [1.807, 2.05) is 37.3 Å². The van der Waals surface area contributed by atoms with Crippen LogP contribution in [-0.2, 0) is 10.0 Å². The maximum Gasteiger partial charge on any atom is 0.251 e. The normalized spacial score (nSPS) is 16.2. The van der Waals surface area contributed by atoms with Crippen LogP contribution < -0.4 is 5.32 Å². The lowest BCUT2D eigenvalue weighted by molar-refractivity contribution is 0.0935. The number of rotatable bonds is 5. The number of nitrogens with one attached hydrogen (secondary N) is 1. The molecule has 2 aromatic carbocycles. The molecule has 0 aliphatic carbocycles. The SMILES string of the molecule is C[C@@H](NC(=O)c1ccc(Cl)c(S(=O)(=O)N2CCCC2)c1)c1cc2ccccc2o1. The van der Waals surface area contributed by atoms with Gasteiger partial charge in [-0.3, -0.25) is 4.79 Å². The number of sulfonamides is 1. The van der Waals surface area contributed by atoms with Crippen molar-refractivity contribution in [3.63, 3.8) is 0 Å². The van der Waals surface area contributed by atoms with Gasteiger partial charge in [0.1, 0.15) is 16.2 Å². The summed E-state index contributed by atoms with van der Waals surface area (Å²) in [5.41, 5.74) is 0.976. The maximum absolute atomic E-state index is 12.9. The Morgan fingerprint density at radius 2 is 1.86 bits per heavy atom. The highest BCUT2D eigenvalue weighted by Crippen LogP contribution is 2.29. The molecule has 0 saturated carbocycles. The smallest absolute Gasteiger partial charge is 0.251 e. The summed E-state index contributed by atoms with van der Waals surface area (Å²) in [7, 11) is -3.72.